The highest BCUT2D eigenvalue weighted by Crippen LogP contribution is 2.38. The molecule has 3 aromatic rings. The van der Waals surface area contributed by atoms with Crippen LogP contribution in [0.25, 0.3) is 10.9 Å². The predicted octanol–water partition coefficient (Wildman–Crippen LogP) is 3.79. The van der Waals surface area contributed by atoms with Crippen molar-refractivity contribution in [3.05, 3.63) is 71.9 Å². The Morgan fingerprint density at radius 2 is 1.72 bits per heavy atom. The number of fused-ring (bicyclic) bond motifs is 1. The van der Waals surface area contributed by atoms with Gasteiger partial charge in [0, 0.05) is 61.5 Å². The minimum Gasteiger partial charge on any atom is -0.336 e. The zero-order valence-corrected chi connectivity index (χ0v) is 18.3. The number of para-hydroxylation sites is 1. The van der Waals surface area contributed by atoms with Crippen LogP contribution < -0.4 is 5.32 Å². The van der Waals surface area contributed by atoms with Crippen molar-refractivity contribution in [3.63, 3.8) is 0 Å². The van der Waals surface area contributed by atoms with Crippen molar-refractivity contribution in [2.75, 3.05) is 31.5 Å². The lowest BCUT2D eigenvalue weighted by molar-refractivity contribution is -0.117. The molecule has 5 rings (SSSR count). The smallest absolute Gasteiger partial charge is 0.253 e. The third kappa shape index (κ3) is 4.36. The molecule has 6 nitrogen and oxygen atoms in total. The van der Waals surface area contributed by atoms with Gasteiger partial charge in [-0.3, -0.25) is 19.5 Å². The Bertz CT molecular complexity index is 1130. The number of carbonyl (C=O) groups excluding carboxylic acids is 2. The minimum atomic E-state index is 0.0465. The molecule has 1 saturated carbocycles. The summed E-state index contributed by atoms with van der Waals surface area (Å²) in [6.07, 6.45) is 2.80. The van der Waals surface area contributed by atoms with E-state index in [1.807, 2.05) is 41.4 Å². The second kappa shape index (κ2) is 8.71. The number of pyridine rings is 1. The number of carbonyl (C=O) groups is 2. The molecular formula is C26H28N4O2. The molecule has 1 saturated heterocycles. The van der Waals surface area contributed by atoms with Gasteiger partial charge in [0.1, 0.15) is 0 Å². The van der Waals surface area contributed by atoms with Crippen LogP contribution in [-0.2, 0) is 11.3 Å². The van der Waals surface area contributed by atoms with Crippen molar-refractivity contribution in [2.24, 2.45) is 11.8 Å². The minimum absolute atomic E-state index is 0.0465. The molecular weight excluding hydrogens is 400 g/mol. The maximum absolute atomic E-state index is 12.9. The lowest BCUT2D eigenvalue weighted by Crippen LogP contribution is -2.48. The number of anilines is 1. The van der Waals surface area contributed by atoms with Crippen molar-refractivity contribution < 1.29 is 9.59 Å². The summed E-state index contributed by atoms with van der Waals surface area (Å²) >= 11 is 0. The van der Waals surface area contributed by atoms with Gasteiger partial charge < -0.3 is 10.2 Å². The molecule has 1 N–H and O–H groups in total. The van der Waals surface area contributed by atoms with E-state index in [4.69, 9.17) is 0 Å². The molecule has 2 unspecified atom stereocenters. The first kappa shape index (κ1) is 20.6. The number of hydrogen-bond donors (Lipinski definition) is 1. The Kier molecular flexibility index (Phi) is 5.62. The van der Waals surface area contributed by atoms with Crippen LogP contribution in [0.1, 0.15) is 29.3 Å². The zero-order valence-electron chi connectivity index (χ0n) is 18.3. The number of amides is 2. The summed E-state index contributed by atoms with van der Waals surface area (Å²) in [5.74, 6) is 0.739. The summed E-state index contributed by atoms with van der Waals surface area (Å²) in [5, 5.41) is 4.10. The van der Waals surface area contributed by atoms with Crippen LogP contribution in [0, 0.1) is 11.8 Å². The first-order chi connectivity index (χ1) is 15.6. The van der Waals surface area contributed by atoms with E-state index >= 15 is 0 Å². The number of benzene rings is 2. The second-order valence-electron chi connectivity index (χ2n) is 8.95. The molecule has 2 heterocycles. The second-order valence-corrected chi connectivity index (χ2v) is 8.95. The average Bonchev–Trinajstić information content (AvgIpc) is 3.57. The Morgan fingerprint density at radius 3 is 2.44 bits per heavy atom. The first-order valence-corrected chi connectivity index (χ1v) is 11.3. The molecule has 6 heteroatoms. The number of nitrogens with one attached hydrogen (secondary N) is 1. The number of piperazine rings is 1. The van der Waals surface area contributed by atoms with Crippen LogP contribution in [0.5, 0.6) is 0 Å². The van der Waals surface area contributed by atoms with Crippen LogP contribution in [0.15, 0.2) is 60.8 Å². The highest BCUT2D eigenvalue weighted by molar-refractivity contribution is 5.97. The quantitative estimate of drug-likeness (QED) is 0.672. The number of rotatable bonds is 5. The lowest BCUT2D eigenvalue weighted by atomic mass is 10.1. The third-order valence-corrected chi connectivity index (χ3v) is 6.62. The van der Waals surface area contributed by atoms with Crippen molar-refractivity contribution >= 4 is 28.4 Å². The largest absolute Gasteiger partial charge is 0.336 e. The van der Waals surface area contributed by atoms with E-state index in [0.29, 0.717) is 24.6 Å². The van der Waals surface area contributed by atoms with Crippen LogP contribution >= 0.6 is 0 Å². The molecule has 32 heavy (non-hydrogen) atoms. The molecule has 1 aliphatic heterocycles. The summed E-state index contributed by atoms with van der Waals surface area (Å²) in [4.78, 5) is 33.9. The maximum Gasteiger partial charge on any atom is 0.253 e. The van der Waals surface area contributed by atoms with Gasteiger partial charge in [0.05, 0.1) is 5.52 Å². The molecule has 0 radical (unpaired) electrons. The fourth-order valence-corrected chi connectivity index (χ4v) is 4.45. The Hall–Kier alpha value is -3.25. The van der Waals surface area contributed by atoms with Gasteiger partial charge in [-0.2, -0.15) is 0 Å². The van der Waals surface area contributed by atoms with E-state index < -0.39 is 0 Å². The normalized spacial score (nSPS) is 20.8. The van der Waals surface area contributed by atoms with Gasteiger partial charge in [0.15, 0.2) is 0 Å². The van der Waals surface area contributed by atoms with E-state index in [9.17, 15) is 9.59 Å². The summed E-state index contributed by atoms with van der Waals surface area (Å²) in [6, 6.07) is 17.6. The predicted molar refractivity (Wildman–Crippen MR) is 125 cm³/mol. The highest BCUT2D eigenvalue weighted by atomic mass is 16.2. The van der Waals surface area contributed by atoms with Crippen LogP contribution in [-0.4, -0.2) is 52.8 Å². The van der Waals surface area contributed by atoms with Crippen LogP contribution in [0.2, 0.25) is 0 Å². The summed E-state index contributed by atoms with van der Waals surface area (Å²) < 4.78 is 0. The zero-order chi connectivity index (χ0) is 22.1. The molecule has 0 bridgehead atoms. The standard InChI is InChI=1S/C26H28N4O2/c1-18-16-23(18)25(31)28-22-9-7-20(8-10-22)26(32)30-14-12-29(13-15-30)17-21-5-2-4-19-6-3-11-27-24(19)21/h2-11,18,23H,12-17H2,1H3,(H,28,31). The van der Waals surface area contributed by atoms with Gasteiger partial charge in [-0.05, 0) is 48.2 Å². The Balaban J connectivity index is 1.16. The maximum atomic E-state index is 12.9. The van der Waals surface area contributed by atoms with Gasteiger partial charge >= 0.3 is 0 Å². The molecule has 2 fully saturated rings. The Labute approximate surface area is 188 Å². The fraction of sp³-hybridized carbons (Fsp3) is 0.346. The van der Waals surface area contributed by atoms with E-state index in [1.54, 1.807) is 0 Å². The average molecular weight is 429 g/mol. The first-order valence-electron chi connectivity index (χ1n) is 11.3. The Morgan fingerprint density at radius 1 is 1.00 bits per heavy atom. The number of nitrogens with zero attached hydrogens (tertiary/aromatic N) is 3. The van der Waals surface area contributed by atoms with Crippen LogP contribution in [0.3, 0.4) is 0 Å². The summed E-state index contributed by atoms with van der Waals surface area (Å²) in [6.45, 7) is 6.00. The molecule has 1 aliphatic carbocycles. The fourth-order valence-electron chi connectivity index (χ4n) is 4.45. The monoisotopic (exact) mass is 428 g/mol. The molecule has 164 valence electrons. The van der Waals surface area contributed by atoms with Crippen molar-refractivity contribution in [3.8, 4) is 0 Å². The molecule has 2 atom stereocenters. The van der Waals surface area contributed by atoms with E-state index in [-0.39, 0.29) is 17.7 Å². The topological polar surface area (TPSA) is 65.5 Å². The summed E-state index contributed by atoms with van der Waals surface area (Å²) in [7, 11) is 0. The van der Waals surface area contributed by atoms with Gasteiger partial charge in [-0.15, -0.1) is 0 Å². The van der Waals surface area contributed by atoms with Crippen molar-refractivity contribution in [1.82, 2.24) is 14.8 Å². The van der Waals surface area contributed by atoms with Gasteiger partial charge in [-0.25, -0.2) is 0 Å². The molecule has 2 aliphatic rings. The lowest BCUT2D eigenvalue weighted by Gasteiger charge is -2.35. The number of hydrogen-bond acceptors (Lipinski definition) is 4. The highest BCUT2D eigenvalue weighted by Gasteiger charge is 2.39. The van der Waals surface area contributed by atoms with Gasteiger partial charge in [0.2, 0.25) is 5.91 Å². The third-order valence-electron chi connectivity index (χ3n) is 6.62. The van der Waals surface area contributed by atoms with Crippen molar-refractivity contribution in [1.29, 1.82) is 0 Å². The summed E-state index contributed by atoms with van der Waals surface area (Å²) in [5.41, 5.74) is 3.69. The number of aromatic nitrogens is 1. The van der Waals surface area contributed by atoms with E-state index in [0.717, 1.165) is 42.6 Å². The SMILES string of the molecule is CC1CC1C(=O)Nc1ccc(C(=O)N2CCN(Cc3cccc4cccnc34)CC2)cc1. The van der Waals surface area contributed by atoms with Gasteiger partial charge in [-0.1, -0.05) is 31.2 Å². The van der Waals surface area contributed by atoms with E-state index in [2.05, 4.69) is 46.4 Å². The van der Waals surface area contributed by atoms with E-state index in [1.165, 1.54) is 5.56 Å². The molecule has 2 amide bonds. The molecule has 1 aromatic heterocycles. The van der Waals surface area contributed by atoms with Crippen molar-refractivity contribution in [2.45, 2.75) is 19.9 Å². The molecule has 0 spiro atoms. The van der Waals surface area contributed by atoms with Crippen LogP contribution in [0.4, 0.5) is 5.69 Å². The molecule has 2 aromatic carbocycles. The van der Waals surface area contributed by atoms with Gasteiger partial charge in [0.25, 0.3) is 5.91 Å².